The maximum absolute atomic E-state index is 12.8. The Balaban J connectivity index is 1.62. The number of H-pyrrole nitrogens is 1. The number of anilines is 1. The lowest BCUT2D eigenvalue weighted by atomic mass is 9.91. The standard InChI is InChI=1S/C27H28N10O10S3/c1-27(2,3)22-21(25-31-20(34-37(25)35-22)11-14-5-7-15(8-6-14)30-26(39)23(28)38)32-33-24-19(48(4,40)41)13-29-36(24)17-12-16(49(42,43)44)9-10-18(17)50(45,46)47/h5-10,12-13,35H,11H2,1-4H3,(H2,28,38)(H,30,39)(H,42,43,44)(H,45,46,47). The minimum absolute atomic E-state index is 0.106. The van der Waals surface area contributed by atoms with Gasteiger partial charge in [-0.15, -0.1) is 15.3 Å². The molecule has 50 heavy (non-hydrogen) atoms. The summed E-state index contributed by atoms with van der Waals surface area (Å²) in [5, 5.41) is 22.2. The Morgan fingerprint density at radius 2 is 1.62 bits per heavy atom. The van der Waals surface area contributed by atoms with Crippen molar-refractivity contribution >= 4 is 64.7 Å². The van der Waals surface area contributed by atoms with E-state index in [4.69, 9.17) is 5.73 Å². The molecule has 0 spiro atoms. The summed E-state index contributed by atoms with van der Waals surface area (Å²) >= 11 is 0. The van der Waals surface area contributed by atoms with Crippen LogP contribution < -0.4 is 11.1 Å². The van der Waals surface area contributed by atoms with Gasteiger partial charge in [-0.2, -0.15) is 26.6 Å². The summed E-state index contributed by atoms with van der Waals surface area (Å²) < 4.78 is 95.2. The molecular formula is C27H28N10O10S3. The minimum atomic E-state index is -5.06. The zero-order valence-corrected chi connectivity index (χ0v) is 28.9. The predicted octanol–water partition coefficient (Wildman–Crippen LogP) is 1.87. The monoisotopic (exact) mass is 748 g/mol. The molecule has 0 saturated heterocycles. The fourth-order valence-corrected chi connectivity index (χ4v) is 6.47. The van der Waals surface area contributed by atoms with Crippen LogP contribution in [0.5, 0.6) is 0 Å². The first-order chi connectivity index (χ1) is 23.0. The van der Waals surface area contributed by atoms with E-state index in [9.17, 15) is 43.9 Å². The van der Waals surface area contributed by atoms with Crippen LogP contribution in [0.3, 0.4) is 0 Å². The molecule has 0 radical (unpaired) electrons. The lowest BCUT2D eigenvalue weighted by Crippen LogP contribution is -2.29. The normalized spacial score (nSPS) is 12.9. The van der Waals surface area contributed by atoms with Gasteiger partial charge in [0.2, 0.25) is 5.65 Å². The van der Waals surface area contributed by atoms with E-state index in [0.29, 0.717) is 34.0 Å². The fourth-order valence-electron chi connectivity index (χ4n) is 4.63. The number of amides is 2. The van der Waals surface area contributed by atoms with Gasteiger partial charge in [-0.1, -0.05) is 32.9 Å². The molecule has 23 heteroatoms. The van der Waals surface area contributed by atoms with Gasteiger partial charge in [-0.05, 0) is 35.9 Å². The third kappa shape index (κ3) is 7.45. The molecule has 3 aromatic heterocycles. The van der Waals surface area contributed by atoms with Crippen LogP contribution in [0.2, 0.25) is 0 Å². The number of primary amides is 1. The van der Waals surface area contributed by atoms with Gasteiger partial charge >= 0.3 is 11.8 Å². The average molecular weight is 749 g/mol. The van der Waals surface area contributed by atoms with Crippen LogP contribution in [0.4, 0.5) is 17.2 Å². The van der Waals surface area contributed by atoms with Gasteiger partial charge in [0.05, 0.1) is 22.5 Å². The quantitative estimate of drug-likeness (QED) is 0.0818. The highest BCUT2D eigenvalue weighted by Gasteiger charge is 2.29. The van der Waals surface area contributed by atoms with Crippen LogP contribution in [0.1, 0.15) is 37.9 Å². The molecule has 5 aromatic rings. The number of nitrogens with zero attached hydrogens (tertiary/aromatic N) is 7. The van der Waals surface area contributed by atoms with Crippen molar-refractivity contribution in [3.05, 3.63) is 65.7 Å². The molecule has 0 atom stereocenters. The first kappa shape index (κ1) is 35.9. The number of sulfone groups is 1. The highest BCUT2D eigenvalue weighted by molar-refractivity contribution is 7.90. The summed E-state index contributed by atoms with van der Waals surface area (Å²) in [6.07, 6.45) is 1.85. The van der Waals surface area contributed by atoms with Gasteiger partial charge in [-0.25, -0.2) is 18.1 Å². The van der Waals surface area contributed by atoms with E-state index in [1.807, 2.05) is 20.8 Å². The van der Waals surface area contributed by atoms with E-state index in [1.165, 1.54) is 4.63 Å². The second kappa shape index (κ2) is 12.5. The lowest BCUT2D eigenvalue weighted by molar-refractivity contribution is -0.134. The summed E-state index contributed by atoms with van der Waals surface area (Å²) in [6.45, 7) is 5.51. The van der Waals surface area contributed by atoms with E-state index in [2.05, 4.69) is 35.8 Å². The topological polar surface area (TPSA) is 304 Å². The molecule has 0 unspecified atom stereocenters. The summed E-state index contributed by atoms with van der Waals surface area (Å²) in [5.41, 5.74) is 5.45. The number of hydrogen-bond acceptors (Lipinski definition) is 13. The fraction of sp³-hybridized carbons (Fsp3) is 0.222. The molecule has 6 N–H and O–H groups in total. The number of azo groups is 1. The molecule has 3 heterocycles. The Labute approximate surface area is 283 Å². The lowest BCUT2D eigenvalue weighted by Gasteiger charge is -2.16. The zero-order valence-electron chi connectivity index (χ0n) is 26.4. The number of hydrogen-bond donors (Lipinski definition) is 5. The molecule has 0 aliphatic carbocycles. The second-order valence-electron chi connectivity index (χ2n) is 11.8. The Morgan fingerprint density at radius 1 is 0.960 bits per heavy atom. The van der Waals surface area contributed by atoms with Crippen LogP contribution in [0.25, 0.3) is 11.3 Å². The summed E-state index contributed by atoms with van der Waals surface area (Å²) in [4.78, 5) is 24.9. The molecular weight excluding hydrogens is 721 g/mol. The largest absolute Gasteiger partial charge is 0.361 e. The van der Waals surface area contributed by atoms with Gasteiger partial charge in [0, 0.05) is 23.8 Å². The summed E-state index contributed by atoms with van der Waals surface area (Å²) in [5.74, 6) is -2.38. The Bertz CT molecular complexity index is 2550. The van der Waals surface area contributed by atoms with Crippen LogP contribution in [-0.2, 0) is 51.5 Å². The molecule has 0 aliphatic heterocycles. The average Bonchev–Trinajstić information content (AvgIpc) is 3.68. The van der Waals surface area contributed by atoms with Crippen molar-refractivity contribution in [2.24, 2.45) is 16.0 Å². The van der Waals surface area contributed by atoms with Crippen molar-refractivity contribution in [3.63, 3.8) is 0 Å². The number of fused-ring (bicyclic) bond motifs is 1. The van der Waals surface area contributed by atoms with Crippen molar-refractivity contribution in [2.45, 2.75) is 47.3 Å². The molecule has 0 aliphatic rings. The number of aromatic nitrogens is 6. The van der Waals surface area contributed by atoms with Crippen molar-refractivity contribution in [1.29, 1.82) is 0 Å². The van der Waals surface area contributed by atoms with Gasteiger partial charge < -0.3 is 11.1 Å². The summed E-state index contributed by atoms with van der Waals surface area (Å²) in [6, 6.07) is 8.50. The maximum atomic E-state index is 12.8. The smallest absolute Gasteiger partial charge is 0.313 e. The van der Waals surface area contributed by atoms with E-state index < -0.39 is 73.5 Å². The number of benzene rings is 2. The molecule has 20 nitrogen and oxygen atoms in total. The second-order valence-corrected chi connectivity index (χ2v) is 16.6. The van der Waals surface area contributed by atoms with Gasteiger partial charge in [0.15, 0.2) is 27.2 Å². The van der Waals surface area contributed by atoms with Crippen molar-refractivity contribution in [2.75, 3.05) is 11.6 Å². The van der Waals surface area contributed by atoms with E-state index in [1.54, 1.807) is 24.3 Å². The minimum Gasteiger partial charge on any atom is -0.361 e. The molecule has 2 amide bonds. The van der Waals surface area contributed by atoms with Crippen LogP contribution in [0, 0.1) is 0 Å². The number of nitrogens with two attached hydrogens (primary N) is 1. The van der Waals surface area contributed by atoms with Crippen molar-refractivity contribution in [3.8, 4) is 5.69 Å². The molecule has 5 rings (SSSR count). The number of carbonyl (C=O) groups excluding carboxylic acids is 2. The third-order valence-corrected chi connectivity index (χ3v) is 9.79. The Hall–Kier alpha value is -5.36. The van der Waals surface area contributed by atoms with Gasteiger partial charge in [0.1, 0.15) is 9.79 Å². The molecule has 2 aromatic carbocycles. The van der Waals surface area contributed by atoms with Crippen LogP contribution >= 0.6 is 0 Å². The van der Waals surface area contributed by atoms with E-state index in [0.717, 1.165) is 24.1 Å². The van der Waals surface area contributed by atoms with E-state index in [-0.39, 0.29) is 17.8 Å². The SMILES string of the molecule is CC(C)(C)c1[nH]n2nc(Cc3ccc(NC(=O)C(N)=O)cc3)nc2c1N=Nc1c(S(C)(=O)=O)cnn1-c1cc(S(=O)(=O)O)ccc1S(=O)(=O)O. The zero-order chi connectivity index (χ0) is 37.0. The third-order valence-electron chi connectivity index (χ3n) is 6.96. The summed E-state index contributed by atoms with van der Waals surface area (Å²) in [7, 11) is -14.1. The highest BCUT2D eigenvalue weighted by Crippen LogP contribution is 2.37. The predicted molar refractivity (Wildman–Crippen MR) is 174 cm³/mol. The number of aromatic amines is 1. The number of nitrogens with one attached hydrogen (secondary N) is 2. The maximum Gasteiger partial charge on any atom is 0.313 e. The van der Waals surface area contributed by atoms with Crippen LogP contribution in [0.15, 0.2) is 73.6 Å². The van der Waals surface area contributed by atoms with Gasteiger partial charge in [-0.3, -0.25) is 23.8 Å². The number of carbonyl (C=O) groups is 2. The van der Waals surface area contributed by atoms with Crippen molar-refractivity contribution < 1.29 is 43.9 Å². The molecule has 264 valence electrons. The Morgan fingerprint density at radius 3 is 2.18 bits per heavy atom. The Kier molecular flexibility index (Phi) is 8.99. The first-order valence-electron chi connectivity index (χ1n) is 14.0. The molecule has 0 fully saturated rings. The van der Waals surface area contributed by atoms with Crippen LogP contribution in [-0.4, -0.2) is 82.0 Å². The molecule has 0 saturated carbocycles. The number of rotatable bonds is 9. The van der Waals surface area contributed by atoms with Gasteiger partial charge in [0.25, 0.3) is 20.2 Å². The van der Waals surface area contributed by atoms with Crippen molar-refractivity contribution in [1.82, 2.24) is 29.6 Å². The van der Waals surface area contributed by atoms with E-state index >= 15 is 0 Å². The first-order valence-corrected chi connectivity index (χ1v) is 18.8. The highest BCUT2D eigenvalue weighted by atomic mass is 32.2. The molecule has 0 bridgehead atoms.